The highest BCUT2D eigenvalue weighted by molar-refractivity contribution is 5.34. The third-order valence-corrected chi connectivity index (χ3v) is 2.82. The van der Waals surface area contributed by atoms with E-state index in [2.05, 4.69) is 41.4 Å². The molecule has 2 aromatic rings. The number of H-pyrrole nitrogens is 1. The molecule has 0 saturated heterocycles. The summed E-state index contributed by atoms with van der Waals surface area (Å²) in [6.07, 6.45) is 1.53. The molecule has 2 N–H and O–H groups in total. The van der Waals surface area contributed by atoms with Crippen LogP contribution >= 0.6 is 0 Å². The fourth-order valence-electron chi connectivity index (χ4n) is 1.84. The lowest BCUT2D eigenvalue weighted by Gasteiger charge is -2.12. The van der Waals surface area contributed by atoms with Crippen LogP contribution in [-0.4, -0.2) is 20.5 Å². The first-order valence-corrected chi connectivity index (χ1v) is 5.27. The summed E-state index contributed by atoms with van der Waals surface area (Å²) in [5, 5.41) is 20.1. The first kappa shape index (κ1) is 10.8. The molecule has 0 aliphatic rings. The maximum Gasteiger partial charge on any atom is 0.111 e. The molecule has 0 saturated carbocycles. The molecule has 84 valence electrons. The topological polar surface area (TPSA) is 61.8 Å². The number of aliphatic hydroxyl groups is 1. The van der Waals surface area contributed by atoms with Gasteiger partial charge in [-0.15, -0.1) is 0 Å². The van der Waals surface area contributed by atoms with Crippen molar-refractivity contribution in [3.8, 4) is 0 Å². The average Bonchev–Trinajstić information content (AvgIpc) is 2.76. The van der Waals surface area contributed by atoms with Crippen molar-refractivity contribution in [1.82, 2.24) is 15.4 Å². The summed E-state index contributed by atoms with van der Waals surface area (Å²) >= 11 is 0. The molecule has 1 unspecified atom stereocenters. The monoisotopic (exact) mass is 217 g/mol. The predicted octanol–water partition coefficient (Wildman–Crippen LogP) is 1.70. The second-order valence-corrected chi connectivity index (χ2v) is 3.99. The molecule has 4 nitrogen and oxygen atoms in total. The molecule has 2 rings (SSSR count). The van der Waals surface area contributed by atoms with Gasteiger partial charge < -0.3 is 5.11 Å². The number of aromatic amines is 1. The van der Waals surface area contributed by atoms with Crippen molar-refractivity contribution in [2.24, 2.45) is 0 Å². The Bertz CT molecular complexity index is 445. The summed E-state index contributed by atoms with van der Waals surface area (Å²) in [4.78, 5) is 0. The zero-order chi connectivity index (χ0) is 11.5. The molecular formula is C12H15N3O. The fraction of sp³-hybridized carbons (Fsp3) is 0.333. The van der Waals surface area contributed by atoms with Crippen LogP contribution in [0.15, 0.2) is 24.4 Å². The quantitative estimate of drug-likeness (QED) is 0.822. The van der Waals surface area contributed by atoms with Crippen molar-refractivity contribution in [3.63, 3.8) is 0 Å². The summed E-state index contributed by atoms with van der Waals surface area (Å²) in [5.41, 5.74) is 4.16. The van der Waals surface area contributed by atoms with Gasteiger partial charge in [0, 0.05) is 6.42 Å². The molecule has 16 heavy (non-hydrogen) atoms. The van der Waals surface area contributed by atoms with Gasteiger partial charge in [-0.2, -0.15) is 15.4 Å². The molecule has 0 spiro atoms. The average molecular weight is 217 g/mol. The second kappa shape index (κ2) is 4.45. The first-order chi connectivity index (χ1) is 7.68. The second-order valence-electron chi connectivity index (χ2n) is 3.99. The number of benzene rings is 1. The maximum absolute atomic E-state index is 9.99. The summed E-state index contributed by atoms with van der Waals surface area (Å²) in [6, 6.07) is 6.13. The van der Waals surface area contributed by atoms with E-state index in [4.69, 9.17) is 0 Å². The van der Waals surface area contributed by atoms with Gasteiger partial charge in [0.05, 0.1) is 6.20 Å². The van der Waals surface area contributed by atoms with Crippen LogP contribution in [0, 0.1) is 13.8 Å². The van der Waals surface area contributed by atoms with E-state index in [1.165, 1.54) is 16.7 Å². The van der Waals surface area contributed by atoms with Crippen LogP contribution in [0.1, 0.15) is 28.5 Å². The molecule has 1 aromatic carbocycles. The van der Waals surface area contributed by atoms with Crippen LogP contribution in [0.2, 0.25) is 0 Å². The summed E-state index contributed by atoms with van der Waals surface area (Å²) in [7, 11) is 0. The Kier molecular flexibility index (Phi) is 3.01. The normalized spacial score (nSPS) is 12.7. The SMILES string of the molecule is Cc1cccc(C)c1CC(O)c1cn[nH]n1. The summed E-state index contributed by atoms with van der Waals surface area (Å²) in [5.74, 6) is 0. The van der Waals surface area contributed by atoms with Gasteiger partial charge in [0.25, 0.3) is 0 Å². The molecule has 0 aliphatic heterocycles. The Morgan fingerprint density at radius 2 is 2.00 bits per heavy atom. The molecule has 1 heterocycles. The smallest absolute Gasteiger partial charge is 0.111 e. The van der Waals surface area contributed by atoms with Crippen molar-refractivity contribution in [1.29, 1.82) is 0 Å². The molecule has 1 atom stereocenters. The van der Waals surface area contributed by atoms with E-state index in [0.29, 0.717) is 12.1 Å². The zero-order valence-electron chi connectivity index (χ0n) is 9.44. The third kappa shape index (κ3) is 2.12. The highest BCUT2D eigenvalue weighted by atomic mass is 16.3. The van der Waals surface area contributed by atoms with Crippen molar-refractivity contribution < 1.29 is 5.11 Å². The van der Waals surface area contributed by atoms with E-state index >= 15 is 0 Å². The molecule has 0 amide bonds. The molecule has 0 bridgehead atoms. The van der Waals surface area contributed by atoms with E-state index in [0.717, 1.165) is 0 Å². The summed E-state index contributed by atoms with van der Waals surface area (Å²) < 4.78 is 0. The standard InChI is InChI=1S/C12H15N3O/c1-8-4-3-5-9(2)10(8)6-12(16)11-7-13-15-14-11/h3-5,7,12,16H,6H2,1-2H3,(H,13,14,15). The number of aromatic nitrogens is 3. The number of hydrogen-bond donors (Lipinski definition) is 2. The van der Waals surface area contributed by atoms with Crippen LogP contribution in [0.5, 0.6) is 0 Å². The molecule has 0 radical (unpaired) electrons. The van der Waals surface area contributed by atoms with Crippen molar-refractivity contribution >= 4 is 0 Å². The van der Waals surface area contributed by atoms with E-state index < -0.39 is 6.10 Å². The fourth-order valence-corrected chi connectivity index (χ4v) is 1.84. The van der Waals surface area contributed by atoms with Crippen LogP contribution < -0.4 is 0 Å². The van der Waals surface area contributed by atoms with Gasteiger partial charge in [0.1, 0.15) is 11.8 Å². The molecule has 1 aromatic heterocycles. The lowest BCUT2D eigenvalue weighted by Crippen LogP contribution is -2.05. The van der Waals surface area contributed by atoms with E-state index in [1.807, 2.05) is 6.07 Å². The minimum absolute atomic E-state index is 0.574. The maximum atomic E-state index is 9.99. The van der Waals surface area contributed by atoms with Crippen LogP contribution in [0.3, 0.4) is 0 Å². The van der Waals surface area contributed by atoms with Gasteiger partial charge in [-0.1, -0.05) is 18.2 Å². The van der Waals surface area contributed by atoms with E-state index in [-0.39, 0.29) is 0 Å². The van der Waals surface area contributed by atoms with Gasteiger partial charge in [0.15, 0.2) is 0 Å². The molecular weight excluding hydrogens is 202 g/mol. The highest BCUT2D eigenvalue weighted by Gasteiger charge is 2.13. The predicted molar refractivity (Wildman–Crippen MR) is 61.0 cm³/mol. The summed E-state index contributed by atoms with van der Waals surface area (Å²) in [6.45, 7) is 4.11. The van der Waals surface area contributed by atoms with Gasteiger partial charge in [-0.05, 0) is 30.5 Å². The Labute approximate surface area is 94.3 Å². The number of nitrogens with one attached hydrogen (secondary N) is 1. The van der Waals surface area contributed by atoms with Gasteiger partial charge in [-0.3, -0.25) is 0 Å². The van der Waals surface area contributed by atoms with E-state index in [9.17, 15) is 5.11 Å². The largest absolute Gasteiger partial charge is 0.386 e. The molecule has 4 heteroatoms. The van der Waals surface area contributed by atoms with E-state index in [1.54, 1.807) is 6.20 Å². The number of aliphatic hydroxyl groups excluding tert-OH is 1. The Hall–Kier alpha value is -1.68. The van der Waals surface area contributed by atoms with Crippen molar-refractivity contribution in [3.05, 3.63) is 46.8 Å². The third-order valence-electron chi connectivity index (χ3n) is 2.82. The number of aryl methyl sites for hydroxylation is 2. The van der Waals surface area contributed by atoms with Gasteiger partial charge in [0.2, 0.25) is 0 Å². The van der Waals surface area contributed by atoms with Crippen LogP contribution in [0.4, 0.5) is 0 Å². The van der Waals surface area contributed by atoms with Gasteiger partial charge >= 0.3 is 0 Å². The lowest BCUT2D eigenvalue weighted by molar-refractivity contribution is 0.173. The van der Waals surface area contributed by atoms with Crippen molar-refractivity contribution in [2.45, 2.75) is 26.4 Å². The number of hydrogen-bond acceptors (Lipinski definition) is 3. The first-order valence-electron chi connectivity index (χ1n) is 5.27. The minimum atomic E-state index is -0.599. The van der Waals surface area contributed by atoms with Crippen LogP contribution in [-0.2, 0) is 6.42 Å². The molecule has 0 aliphatic carbocycles. The van der Waals surface area contributed by atoms with Crippen LogP contribution in [0.25, 0.3) is 0 Å². The zero-order valence-corrected chi connectivity index (χ0v) is 9.44. The number of nitrogens with zero attached hydrogens (tertiary/aromatic N) is 2. The minimum Gasteiger partial charge on any atom is -0.386 e. The number of rotatable bonds is 3. The Morgan fingerprint density at radius 1 is 1.31 bits per heavy atom. The lowest BCUT2D eigenvalue weighted by atomic mass is 9.97. The van der Waals surface area contributed by atoms with Gasteiger partial charge in [-0.25, -0.2) is 0 Å². The van der Waals surface area contributed by atoms with Crippen molar-refractivity contribution in [2.75, 3.05) is 0 Å². The Balaban J connectivity index is 2.21. The highest BCUT2D eigenvalue weighted by Crippen LogP contribution is 2.21. The molecule has 0 fully saturated rings. The Morgan fingerprint density at radius 3 is 2.56 bits per heavy atom.